The molecule has 3 aromatic rings. The molecule has 1 N–H and O–H groups in total. The first-order chi connectivity index (χ1) is 16.9. The Morgan fingerprint density at radius 1 is 1.09 bits per heavy atom. The summed E-state index contributed by atoms with van der Waals surface area (Å²) in [5.41, 5.74) is 3.78. The highest BCUT2D eigenvalue weighted by molar-refractivity contribution is 6.30. The lowest BCUT2D eigenvalue weighted by Gasteiger charge is -2.36. The molecule has 0 spiro atoms. The summed E-state index contributed by atoms with van der Waals surface area (Å²) in [5, 5.41) is 11.5. The summed E-state index contributed by atoms with van der Waals surface area (Å²) in [6.07, 6.45) is 1.72. The van der Waals surface area contributed by atoms with E-state index in [1.54, 1.807) is 19.3 Å². The highest BCUT2D eigenvalue weighted by Gasteiger charge is 2.34. The van der Waals surface area contributed by atoms with Crippen LogP contribution >= 0.6 is 11.6 Å². The van der Waals surface area contributed by atoms with Crippen LogP contribution in [0.1, 0.15) is 27.0 Å². The summed E-state index contributed by atoms with van der Waals surface area (Å²) >= 11 is 6.16. The second kappa shape index (κ2) is 9.64. The molecule has 6 nitrogen and oxygen atoms in total. The van der Waals surface area contributed by atoms with Gasteiger partial charge in [-0.25, -0.2) is 0 Å². The van der Waals surface area contributed by atoms with Gasteiger partial charge >= 0.3 is 0 Å². The van der Waals surface area contributed by atoms with Crippen LogP contribution in [0.4, 0.5) is 5.69 Å². The summed E-state index contributed by atoms with van der Waals surface area (Å²) in [4.78, 5) is 17.8. The molecule has 0 bridgehead atoms. The average Bonchev–Trinajstić information content (AvgIpc) is 3.18. The van der Waals surface area contributed by atoms with Gasteiger partial charge in [-0.2, -0.15) is 0 Å². The molecule has 2 aliphatic rings. The predicted octanol–water partition coefficient (Wildman–Crippen LogP) is 5.30. The summed E-state index contributed by atoms with van der Waals surface area (Å²) in [6.45, 7) is 5.63. The Morgan fingerprint density at radius 2 is 1.86 bits per heavy atom. The highest BCUT2D eigenvalue weighted by atomic mass is 35.5. The molecule has 35 heavy (non-hydrogen) atoms. The molecule has 2 heterocycles. The molecule has 180 valence electrons. The second-order valence-corrected chi connectivity index (χ2v) is 9.29. The van der Waals surface area contributed by atoms with Crippen LogP contribution in [-0.4, -0.2) is 49.1 Å². The molecule has 0 aromatic heterocycles. The van der Waals surface area contributed by atoms with Crippen molar-refractivity contribution in [3.63, 3.8) is 0 Å². The smallest absolute Gasteiger partial charge is 0.232 e. The number of benzene rings is 3. The fourth-order valence-electron chi connectivity index (χ4n) is 4.68. The third kappa shape index (κ3) is 4.72. The molecule has 3 aromatic carbocycles. The maximum atomic E-state index is 13.2. The lowest BCUT2D eigenvalue weighted by atomic mass is 9.99. The largest absolute Gasteiger partial charge is 0.507 e. The standard InChI is InChI=1S/C28H27ClN2O4/c1-18-13-24(32)23(17-30-9-11-31(12-10-30)21-7-4-6-20(29)16-21)28-26(18)27(33)25(35-28)15-19-5-3-8-22(14-19)34-2/h3-8,13-16,32H,9-12,17H2,1-2H3/b25-15-. The normalized spacial score (nSPS) is 16.9. The van der Waals surface area contributed by atoms with Gasteiger partial charge in [-0.05, 0) is 60.5 Å². The molecule has 0 aliphatic carbocycles. The number of anilines is 1. The number of allylic oxidation sites excluding steroid dienone is 1. The maximum absolute atomic E-state index is 13.2. The quantitative estimate of drug-likeness (QED) is 0.490. The highest BCUT2D eigenvalue weighted by Crippen LogP contribution is 2.42. The first kappa shape index (κ1) is 23.3. The zero-order valence-corrected chi connectivity index (χ0v) is 20.5. The number of aromatic hydroxyl groups is 1. The van der Waals surface area contributed by atoms with Crippen molar-refractivity contribution < 1.29 is 19.4 Å². The summed E-state index contributed by atoms with van der Waals surface area (Å²) in [5.74, 6) is 1.38. The van der Waals surface area contributed by atoms with Crippen molar-refractivity contribution in [1.82, 2.24) is 4.90 Å². The Balaban J connectivity index is 1.36. The van der Waals surface area contributed by atoms with Gasteiger partial charge in [0, 0.05) is 43.4 Å². The molecule has 7 heteroatoms. The number of carbonyl (C=O) groups excluding carboxylic acids is 1. The zero-order chi connectivity index (χ0) is 24.5. The number of fused-ring (bicyclic) bond motifs is 1. The Morgan fingerprint density at radius 3 is 2.60 bits per heavy atom. The van der Waals surface area contributed by atoms with Crippen LogP contribution in [0.2, 0.25) is 5.02 Å². The Hall–Kier alpha value is -3.48. The SMILES string of the molecule is COc1cccc(/C=C2\Oc3c(CN4CCN(c5cccc(Cl)c5)CC4)c(O)cc(C)c3C2=O)c1. The van der Waals surface area contributed by atoms with Crippen LogP contribution in [0.3, 0.4) is 0 Å². The number of phenolic OH excluding ortho intramolecular Hbond substituents is 1. The van der Waals surface area contributed by atoms with E-state index in [0.29, 0.717) is 34.7 Å². The summed E-state index contributed by atoms with van der Waals surface area (Å²) < 4.78 is 11.4. The summed E-state index contributed by atoms with van der Waals surface area (Å²) in [6, 6.07) is 17.0. The minimum absolute atomic E-state index is 0.147. The number of hydrogen-bond donors (Lipinski definition) is 1. The lowest BCUT2D eigenvalue weighted by molar-refractivity contribution is 0.101. The molecule has 2 aliphatic heterocycles. The van der Waals surface area contributed by atoms with Crippen molar-refractivity contribution in [2.75, 3.05) is 38.2 Å². The second-order valence-electron chi connectivity index (χ2n) is 8.85. The Kier molecular flexibility index (Phi) is 6.41. The molecule has 0 amide bonds. The number of Topliss-reactive ketones (excluding diaryl/α,β-unsaturated/α-hetero) is 1. The Bertz CT molecular complexity index is 1310. The van der Waals surface area contributed by atoms with E-state index in [1.165, 1.54) is 0 Å². The fourth-order valence-corrected chi connectivity index (χ4v) is 4.86. The van der Waals surface area contributed by atoms with Crippen molar-refractivity contribution in [1.29, 1.82) is 0 Å². The first-order valence-corrected chi connectivity index (χ1v) is 12.0. The van der Waals surface area contributed by atoms with Crippen molar-refractivity contribution in [2.45, 2.75) is 13.5 Å². The van der Waals surface area contributed by atoms with Crippen LogP contribution in [0.5, 0.6) is 17.2 Å². The third-order valence-electron chi connectivity index (χ3n) is 6.54. The minimum atomic E-state index is -0.174. The number of nitrogens with zero attached hydrogens (tertiary/aromatic N) is 2. The average molecular weight is 491 g/mol. The molecule has 1 saturated heterocycles. The summed E-state index contributed by atoms with van der Waals surface area (Å²) in [7, 11) is 1.60. The molecule has 5 rings (SSSR count). The number of methoxy groups -OCH3 is 1. The maximum Gasteiger partial charge on any atom is 0.232 e. The van der Waals surface area contributed by atoms with Crippen molar-refractivity contribution in [3.8, 4) is 17.2 Å². The number of carbonyl (C=O) groups is 1. The van der Waals surface area contributed by atoms with E-state index in [1.807, 2.05) is 49.4 Å². The fraction of sp³-hybridized carbons (Fsp3) is 0.250. The van der Waals surface area contributed by atoms with Gasteiger partial charge in [0.2, 0.25) is 5.78 Å². The van der Waals surface area contributed by atoms with E-state index in [0.717, 1.165) is 42.5 Å². The van der Waals surface area contributed by atoms with E-state index in [2.05, 4.69) is 15.9 Å². The van der Waals surface area contributed by atoms with E-state index < -0.39 is 0 Å². The number of piperazine rings is 1. The lowest BCUT2D eigenvalue weighted by Crippen LogP contribution is -2.46. The third-order valence-corrected chi connectivity index (χ3v) is 6.77. The Labute approximate surface area is 209 Å². The van der Waals surface area contributed by atoms with Gasteiger partial charge in [-0.15, -0.1) is 0 Å². The van der Waals surface area contributed by atoms with Gasteiger partial charge in [0.15, 0.2) is 5.76 Å². The molecule has 0 radical (unpaired) electrons. The predicted molar refractivity (Wildman–Crippen MR) is 138 cm³/mol. The number of rotatable bonds is 5. The van der Waals surface area contributed by atoms with Crippen LogP contribution in [0, 0.1) is 6.92 Å². The van der Waals surface area contributed by atoms with Crippen molar-refractivity contribution >= 4 is 29.1 Å². The molecule has 0 atom stereocenters. The topological polar surface area (TPSA) is 62.2 Å². The number of hydrogen-bond acceptors (Lipinski definition) is 6. The van der Waals surface area contributed by atoms with Crippen LogP contribution in [0.25, 0.3) is 6.08 Å². The van der Waals surface area contributed by atoms with Gasteiger partial charge in [0.25, 0.3) is 0 Å². The minimum Gasteiger partial charge on any atom is -0.507 e. The molecular weight excluding hydrogens is 464 g/mol. The number of ether oxygens (including phenoxy) is 2. The van der Waals surface area contributed by atoms with Crippen LogP contribution in [-0.2, 0) is 6.54 Å². The van der Waals surface area contributed by atoms with Gasteiger partial charge in [-0.3, -0.25) is 9.69 Å². The van der Waals surface area contributed by atoms with Crippen molar-refractivity contribution in [2.24, 2.45) is 0 Å². The number of phenols is 1. The van der Waals surface area contributed by atoms with E-state index >= 15 is 0 Å². The van der Waals surface area contributed by atoms with Crippen LogP contribution < -0.4 is 14.4 Å². The number of halogens is 1. The number of ketones is 1. The van der Waals surface area contributed by atoms with Gasteiger partial charge in [-0.1, -0.05) is 29.8 Å². The monoisotopic (exact) mass is 490 g/mol. The van der Waals surface area contributed by atoms with Crippen molar-refractivity contribution in [3.05, 3.63) is 87.6 Å². The molecule has 0 unspecified atom stereocenters. The van der Waals surface area contributed by atoms with E-state index in [9.17, 15) is 9.90 Å². The van der Waals surface area contributed by atoms with Gasteiger partial charge in [0.1, 0.15) is 17.2 Å². The van der Waals surface area contributed by atoms with E-state index in [-0.39, 0.29) is 17.3 Å². The van der Waals surface area contributed by atoms with Crippen LogP contribution in [0.15, 0.2) is 60.4 Å². The van der Waals surface area contributed by atoms with Gasteiger partial charge < -0.3 is 19.5 Å². The molecule has 1 fully saturated rings. The molecular formula is C28H27ClN2O4. The zero-order valence-electron chi connectivity index (χ0n) is 19.8. The van der Waals surface area contributed by atoms with E-state index in [4.69, 9.17) is 21.1 Å². The van der Waals surface area contributed by atoms with Gasteiger partial charge in [0.05, 0.1) is 18.2 Å². The molecule has 0 saturated carbocycles. The number of aryl methyl sites for hydroxylation is 1. The first-order valence-electron chi connectivity index (χ1n) is 11.6.